The van der Waals surface area contributed by atoms with Gasteiger partial charge in [0, 0.05) is 11.6 Å². The van der Waals surface area contributed by atoms with Crippen molar-refractivity contribution < 1.29 is 10.1 Å². The van der Waals surface area contributed by atoms with Crippen molar-refractivity contribution in [1.82, 2.24) is 0 Å². The molecule has 0 aliphatic heterocycles. The van der Waals surface area contributed by atoms with Crippen LogP contribution >= 0.6 is 0 Å². The summed E-state index contributed by atoms with van der Waals surface area (Å²) in [7, 11) is 1.55. The van der Waals surface area contributed by atoms with Crippen LogP contribution in [0.2, 0.25) is 0 Å². The molecule has 0 saturated heterocycles. The normalized spacial score (nSPS) is 15.3. The molecule has 15 heavy (non-hydrogen) atoms. The van der Waals surface area contributed by atoms with E-state index in [4.69, 9.17) is 0 Å². The first-order chi connectivity index (χ1) is 7.00. The Morgan fingerprint density at radius 1 is 1.27 bits per heavy atom. The summed E-state index contributed by atoms with van der Waals surface area (Å²) >= 11 is 0. The van der Waals surface area contributed by atoms with Gasteiger partial charge in [-0.05, 0) is 19.9 Å². The molecule has 2 unspecified atom stereocenters. The zero-order chi connectivity index (χ0) is 11.4. The monoisotopic (exact) mass is 210 g/mol. The Morgan fingerprint density at radius 3 is 2.47 bits per heavy atom. The van der Waals surface area contributed by atoms with Crippen LogP contribution in [0.3, 0.4) is 0 Å². The van der Waals surface area contributed by atoms with Crippen molar-refractivity contribution in [3.8, 4) is 0 Å². The van der Waals surface area contributed by atoms with Gasteiger partial charge in [-0.1, -0.05) is 12.1 Å². The molecule has 0 aliphatic rings. The molecular formula is C11H18N2O2. The summed E-state index contributed by atoms with van der Waals surface area (Å²) in [5.74, 6) is 0. The van der Waals surface area contributed by atoms with E-state index in [1.807, 2.05) is 32.0 Å². The Hall–Kier alpha value is -0.940. The summed E-state index contributed by atoms with van der Waals surface area (Å²) in [4.78, 5) is 0. The van der Waals surface area contributed by atoms with Crippen molar-refractivity contribution in [2.75, 3.05) is 7.05 Å². The molecule has 0 bridgehead atoms. The van der Waals surface area contributed by atoms with Crippen LogP contribution < -0.4 is 10.1 Å². The highest BCUT2D eigenvalue weighted by Gasteiger charge is 2.07. The van der Waals surface area contributed by atoms with Gasteiger partial charge in [0.25, 0.3) is 0 Å². The van der Waals surface area contributed by atoms with Crippen LogP contribution in [0.25, 0.3) is 0 Å². The Labute approximate surface area is 90.3 Å². The van der Waals surface area contributed by atoms with Crippen LogP contribution in [0, 0.1) is 10.4 Å². The minimum absolute atomic E-state index is 0.00224. The molecule has 0 saturated carbocycles. The first-order valence-corrected chi connectivity index (χ1v) is 5.13. The number of quaternary nitrogens is 2. The molecule has 4 heteroatoms. The molecule has 0 aromatic heterocycles. The highest BCUT2D eigenvalue weighted by atomic mass is 16.5. The SMILES string of the molecule is CC(C)[NH+]([O-])c1cccc(C[NH+](C)[O-])c1. The number of hydroxylamine groups is 3. The third kappa shape index (κ3) is 3.60. The lowest BCUT2D eigenvalue weighted by Gasteiger charge is -2.26. The van der Waals surface area contributed by atoms with Gasteiger partial charge in [0.05, 0.1) is 13.1 Å². The fraction of sp³-hybridized carbons (Fsp3) is 0.455. The molecule has 1 aromatic rings. The second kappa shape index (κ2) is 5.23. The lowest BCUT2D eigenvalue weighted by molar-refractivity contribution is -0.840. The van der Waals surface area contributed by atoms with Gasteiger partial charge in [-0.3, -0.25) is 0 Å². The Kier molecular flexibility index (Phi) is 4.23. The van der Waals surface area contributed by atoms with E-state index in [0.717, 1.165) is 5.56 Å². The van der Waals surface area contributed by atoms with Gasteiger partial charge in [-0.2, -0.15) is 0 Å². The zero-order valence-electron chi connectivity index (χ0n) is 9.41. The van der Waals surface area contributed by atoms with E-state index < -0.39 is 0 Å². The van der Waals surface area contributed by atoms with Crippen molar-refractivity contribution >= 4 is 5.69 Å². The quantitative estimate of drug-likeness (QED) is 0.666. The fourth-order valence-electron chi connectivity index (χ4n) is 1.46. The minimum Gasteiger partial charge on any atom is -0.634 e. The fourth-order valence-corrected chi connectivity index (χ4v) is 1.46. The average molecular weight is 210 g/mol. The van der Waals surface area contributed by atoms with Gasteiger partial charge < -0.3 is 20.5 Å². The number of nitrogens with one attached hydrogen (secondary N) is 2. The average Bonchev–Trinajstić information content (AvgIpc) is 2.16. The maximum Gasteiger partial charge on any atom is 0.131 e. The van der Waals surface area contributed by atoms with Crippen LogP contribution in [0.15, 0.2) is 24.3 Å². The second-order valence-electron chi connectivity index (χ2n) is 4.10. The van der Waals surface area contributed by atoms with Gasteiger partial charge in [-0.15, -0.1) is 0 Å². The van der Waals surface area contributed by atoms with E-state index in [1.54, 1.807) is 13.1 Å². The molecule has 0 amide bonds. The van der Waals surface area contributed by atoms with Gasteiger partial charge in [-0.25, -0.2) is 0 Å². The lowest BCUT2D eigenvalue weighted by Crippen LogP contribution is -3.05. The molecule has 1 rings (SSSR count). The Morgan fingerprint density at radius 2 is 1.93 bits per heavy atom. The van der Waals surface area contributed by atoms with Crippen LogP contribution in [0.1, 0.15) is 19.4 Å². The van der Waals surface area contributed by atoms with E-state index >= 15 is 0 Å². The number of hydrogen-bond donors (Lipinski definition) is 2. The molecule has 1 aromatic carbocycles. The van der Waals surface area contributed by atoms with E-state index in [2.05, 4.69) is 0 Å². The van der Waals surface area contributed by atoms with Crippen LogP contribution in [0.4, 0.5) is 5.69 Å². The molecule has 2 N–H and O–H groups in total. The third-order valence-electron chi connectivity index (χ3n) is 2.19. The van der Waals surface area contributed by atoms with Crippen LogP contribution in [-0.4, -0.2) is 13.1 Å². The number of benzene rings is 1. The summed E-state index contributed by atoms with van der Waals surface area (Å²) in [6.07, 6.45) is 0. The predicted octanol–water partition coefficient (Wildman–Crippen LogP) is -0.378. The Balaban J connectivity index is 2.82. The zero-order valence-corrected chi connectivity index (χ0v) is 9.41. The predicted molar refractivity (Wildman–Crippen MR) is 59.5 cm³/mol. The van der Waals surface area contributed by atoms with Crippen molar-refractivity contribution in [2.24, 2.45) is 0 Å². The molecule has 0 radical (unpaired) electrons. The smallest absolute Gasteiger partial charge is 0.131 e. The minimum atomic E-state index is -0.00224. The summed E-state index contributed by atoms with van der Waals surface area (Å²) in [5.41, 5.74) is 1.61. The highest BCUT2D eigenvalue weighted by molar-refractivity contribution is 5.33. The van der Waals surface area contributed by atoms with Gasteiger partial charge >= 0.3 is 0 Å². The number of hydrogen-bond acceptors (Lipinski definition) is 2. The van der Waals surface area contributed by atoms with Gasteiger partial charge in [0.2, 0.25) is 0 Å². The molecule has 0 spiro atoms. The lowest BCUT2D eigenvalue weighted by atomic mass is 10.2. The highest BCUT2D eigenvalue weighted by Crippen LogP contribution is 2.05. The summed E-state index contributed by atoms with van der Waals surface area (Å²) < 4.78 is 0. The standard InChI is InChI=1S/C11H18N2O2/c1-9(2)13(15)11-6-4-5-10(7-11)8-12(3)14/h4-7,9,12-13H,8H2,1-3H3. The summed E-state index contributed by atoms with van der Waals surface area (Å²) in [6, 6.07) is 7.31. The van der Waals surface area contributed by atoms with Crippen molar-refractivity contribution in [2.45, 2.75) is 26.4 Å². The second-order valence-corrected chi connectivity index (χ2v) is 4.10. The van der Waals surface area contributed by atoms with Gasteiger partial charge in [0.15, 0.2) is 0 Å². The van der Waals surface area contributed by atoms with E-state index in [-0.39, 0.29) is 16.2 Å². The number of rotatable bonds is 4. The van der Waals surface area contributed by atoms with Crippen molar-refractivity contribution in [3.63, 3.8) is 0 Å². The third-order valence-corrected chi connectivity index (χ3v) is 2.19. The van der Waals surface area contributed by atoms with E-state index in [0.29, 0.717) is 12.2 Å². The van der Waals surface area contributed by atoms with Crippen LogP contribution in [-0.2, 0) is 6.54 Å². The molecule has 4 nitrogen and oxygen atoms in total. The van der Waals surface area contributed by atoms with E-state index in [9.17, 15) is 10.4 Å². The first kappa shape index (κ1) is 12.1. The molecule has 84 valence electrons. The topological polar surface area (TPSA) is 55.0 Å². The summed E-state index contributed by atoms with van der Waals surface area (Å²) in [5, 5.41) is 22.9. The maximum absolute atomic E-state index is 11.7. The molecular weight excluding hydrogens is 192 g/mol. The van der Waals surface area contributed by atoms with E-state index in [1.165, 1.54) is 0 Å². The van der Waals surface area contributed by atoms with Crippen LogP contribution in [0.5, 0.6) is 0 Å². The molecule has 2 atom stereocenters. The van der Waals surface area contributed by atoms with Gasteiger partial charge in [0.1, 0.15) is 12.2 Å². The molecule has 0 heterocycles. The van der Waals surface area contributed by atoms with Crippen molar-refractivity contribution in [3.05, 3.63) is 40.2 Å². The summed E-state index contributed by atoms with van der Waals surface area (Å²) in [6.45, 7) is 4.15. The molecule has 0 fully saturated rings. The first-order valence-electron chi connectivity index (χ1n) is 5.13. The maximum atomic E-state index is 11.7. The Bertz CT molecular complexity index is 313. The van der Waals surface area contributed by atoms with Crippen molar-refractivity contribution in [1.29, 1.82) is 0 Å². The largest absolute Gasteiger partial charge is 0.634 e. The molecule has 0 aliphatic carbocycles.